The van der Waals surface area contributed by atoms with Crippen molar-refractivity contribution in [3.63, 3.8) is 0 Å². The monoisotopic (exact) mass is 390 g/mol. The predicted octanol–water partition coefficient (Wildman–Crippen LogP) is 2.17. The molecule has 1 saturated heterocycles. The molecule has 2 atom stereocenters. The van der Waals surface area contributed by atoms with E-state index in [0.29, 0.717) is 24.3 Å². The molecule has 1 unspecified atom stereocenters. The molecule has 2 aliphatic heterocycles. The summed E-state index contributed by atoms with van der Waals surface area (Å²) in [6.07, 6.45) is 2.68. The van der Waals surface area contributed by atoms with E-state index in [2.05, 4.69) is 12.2 Å². The van der Waals surface area contributed by atoms with Crippen LogP contribution in [-0.2, 0) is 14.3 Å². The topological polar surface area (TPSA) is 94.2 Å². The normalized spacial score (nSPS) is 20.8. The SMILES string of the molecule is CCCCCNC(=O)[C@@H]1CCC(=O)N1C1OC(=O)c2c1ccc(OC)c2OC. The molecule has 1 fully saturated rings. The Labute approximate surface area is 164 Å². The first-order chi connectivity index (χ1) is 13.5. The summed E-state index contributed by atoms with van der Waals surface area (Å²) in [6.45, 7) is 2.66. The third kappa shape index (κ3) is 3.50. The molecule has 0 spiro atoms. The lowest BCUT2D eigenvalue weighted by Gasteiger charge is -2.29. The van der Waals surface area contributed by atoms with E-state index in [4.69, 9.17) is 14.2 Å². The van der Waals surface area contributed by atoms with Gasteiger partial charge in [0.25, 0.3) is 0 Å². The van der Waals surface area contributed by atoms with Gasteiger partial charge in [0.15, 0.2) is 11.5 Å². The maximum atomic E-state index is 12.6. The van der Waals surface area contributed by atoms with Crippen LogP contribution < -0.4 is 14.8 Å². The van der Waals surface area contributed by atoms with Gasteiger partial charge in [0.2, 0.25) is 18.0 Å². The summed E-state index contributed by atoms with van der Waals surface area (Å²) in [5.74, 6) is -0.366. The van der Waals surface area contributed by atoms with Crippen LogP contribution in [0.5, 0.6) is 11.5 Å². The molecule has 0 aliphatic carbocycles. The molecule has 1 aromatic rings. The molecule has 3 rings (SSSR count). The average molecular weight is 390 g/mol. The summed E-state index contributed by atoms with van der Waals surface area (Å²) in [5.41, 5.74) is 0.732. The number of unbranched alkanes of at least 4 members (excludes halogenated alkanes) is 2. The fourth-order valence-electron chi connectivity index (χ4n) is 3.75. The lowest BCUT2D eigenvalue weighted by molar-refractivity contribution is -0.145. The van der Waals surface area contributed by atoms with Crippen molar-refractivity contribution in [2.24, 2.45) is 0 Å². The van der Waals surface area contributed by atoms with Crippen LogP contribution in [0.1, 0.15) is 61.2 Å². The highest BCUT2D eigenvalue weighted by Gasteiger charge is 2.47. The van der Waals surface area contributed by atoms with Gasteiger partial charge in [-0.15, -0.1) is 0 Å². The second-order valence-corrected chi connectivity index (χ2v) is 6.88. The zero-order valence-electron chi connectivity index (χ0n) is 16.4. The summed E-state index contributed by atoms with van der Waals surface area (Å²) in [4.78, 5) is 39.1. The van der Waals surface area contributed by atoms with Crippen LogP contribution in [0.25, 0.3) is 0 Å². The largest absolute Gasteiger partial charge is 0.493 e. The Balaban J connectivity index is 1.86. The first kappa shape index (κ1) is 20.0. The van der Waals surface area contributed by atoms with Crippen molar-refractivity contribution >= 4 is 17.8 Å². The number of methoxy groups -OCH3 is 2. The highest BCUT2D eigenvalue weighted by molar-refractivity contribution is 5.99. The summed E-state index contributed by atoms with van der Waals surface area (Å²) >= 11 is 0. The molecule has 0 aromatic heterocycles. The number of hydrogen-bond acceptors (Lipinski definition) is 6. The number of esters is 1. The molecule has 1 N–H and O–H groups in total. The zero-order valence-corrected chi connectivity index (χ0v) is 16.4. The van der Waals surface area contributed by atoms with Crippen LogP contribution in [0.2, 0.25) is 0 Å². The van der Waals surface area contributed by atoms with Gasteiger partial charge in [0.05, 0.1) is 14.2 Å². The predicted molar refractivity (Wildman–Crippen MR) is 100 cm³/mol. The quantitative estimate of drug-likeness (QED) is 0.540. The number of ether oxygens (including phenoxy) is 3. The number of rotatable bonds is 8. The van der Waals surface area contributed by atoms with E-state index in [1.165, 1.54) is 19.1 Å². The van der Waals surface area contributed by atoms with Crippen LogP contribution >= 0.6 is 0 Å². The highest BCUT2D eigenvalue weighted by atomic mass is 16.6. The van der Waals surface area contributed by atoms with Crippen molar-refractivity contribution < 1.29 is 28.6 Å². The number of carbonyl (C=O) groups excluding carboxylic acids is 3. The van der Waals surface area contributed by atoms with Crippen molar-refractivity contribution in [1.29, 1.82) is 0 Å². The number of likely N-dealkylation sites (tertiary alicyclic amines) is 1. The van der Waals surface area contributed by atoms with Crippen LogP contribution in [-0.4, -0.2) is 49.5 Å². The molecule has 2 amide bonds. The van der Waals surface area contributed by atoms with E-state index in [1.54, 1.807) is 12.1 Å². The van der Waals surface area contributed by atoms with Crippen molar-refractivity contribution in [3.8, 4) is 11.5 Å². The molecule has 152 valence electrons. The Bertz CT molecular complexity index is 778. The van der Waals surface area contributed by atoms with Gasteiger partial charge >= 0.3 is 5.97 Å². The van der Waals surface area contributed by atoms with Crippen molar-refractivity contribution in [3.05, 3.63) is 23.3 Å². The summed E-state index contributed by atoms with van der Waals surface area (Å²) in [5, 5.41) is 2.89. The molecule has 8 nitrogen and oxygen atoms in total. The minimum absolute atomic E-state index is 0.214. The fourth-order valence-corrected chi connectivity index (χ4v) is 3.75. The molecular formula is C20H26N2O6. The number of fused-ring (bicyclic) bond motifs is 1. The molecule has 28 heavy (non-hydrogen) atoms. The van der Waals surface area contributed by atoms with Gasteiger partial charge in [0.1, 0.15) is 11.6 Å². The van der Waals surface area contributed by atoms with Crippen LogP contribution in [0.15, 0.2) is 12.1 Å². The molecule has 0 radical (unpaired) electrons. The standard InChI is InChI=1S/C20H26N2O6/c1-4-5-6-11-21-18(24)13-8-10-15(23)22(13)19-12-7-9-14(26-2)17(27-3)16(12)20(25)28-19/h7,9,13,19H,4-6,8,10-11H2,1-3H3,(H,21,24)/t13-,19?/m0/s1. The second-order valence-electron chi connectivity index (χ2n) is 6.88. The third-order valence-electron chi connectivity index (χ3n) is 5.16. The summed E-state index contributed by atoms with van der Waals surface area (Å²) < 4.78 is 16.1. The van der Waals surface area contributed by atoms with E-state index < -0.39 is 18.2 Å². The molecule has 0 bridgehead atoms. The van der Waals surface area contributed by atoms with Crippen molar-refractivity contribution in [1.82, 2.24) is 10.2 Å². The van der Waals surface area contributed by atoms with E-state index >= 15 is 0 Å². The Hall–Kier alpha value is -2.77. The highest BCUT2D eigenvalue weighted by Crippen LogP contribution is 2.45. The summed E-state index contributed by atoms with van der Waals surface area (Å²) in [7, 11) is 2.91. The van der Waals surface area contributed by atoms with Gasteiger partial charge in [-0.3, -0.25) is 14.5 Å². The molecule has 2 aliphatic rings. The van der Waals surface area contributed by atoms with Crippen LogP contribution in [0.3, 0.4) is 0 Å². The maximum Gasteiger partial charge on any atom is 0.344 e. The number of amides is 2. The molecule has 1 aromatic carbocycles. The van der Waals surface area contributed by atoms with Crippen LogP contribution in [0, 0.1) is 0 Å². The Morgan fingerprint density at radius 1 is 1.25 bits per heavy atom. The molecule has 2 heterocycles. The van der Waals surface area contributed by atoms with E-state index in [1.807, 2.05) is 0 Å². The van der Waals surface area contributed by atoms with E-state index in [0.717, 1.165) is 19.3 Å². The number of nitrogens with one attached hydrogen (secondary N) is 1. The first-order valence-corrected chi connectivity index (χ1v) is 9.58. The maximum absolute atomic E-state index is 12.6. The second kappa shape index (κ2) is 8.50. The average Bonchev–Trinajstić information content (AvgIpc) is 3.24. The van der Waals surface area contributed by atoms with Gasteiger partial charge < -0.3 is 19.5 Å². The lowest BCUT2D eigenvalue weighted by atomic mass is 10.1. The fraction of sp³-hybridized carbons (Fsp3) is 0.550. The van der Waals surface area contributed by atoms with Crippen molar-refractivity contribution in [2.75, 3.05) is 20.8 Å². The Morgan fingerprint density at radius 3 is 2.71 bits per heavy atom. The number of nitrogens with zero attached hydrogens (tertiary/aromatic N) is 1. The number of carbonyl (C=O) groups is 3. The Kier molecular flexibility index (Phi) is 6.06. The van der Waals surface area contributed by atoms with Crippen molar-refractivity contribution in [2.45, 2.75) is 51.3 Å². The molecule has 8 heteroatoms. The third-order valence-corrected chi connectivity index (χ3v) is 5.16. The van der Waals surface area contributed by atoms with E-state index in [-0.39, 0.29) is 29.5 Å². The first-order valence-electron chi connectivity index (χ1n) is 9.58. The molecule has 0 saturated carbocycles. The molecular weight excluding hydrogens is 364 g/mol. The van der Waals surface area contributed by atoms with Crippen LogP contribution in [0.4, 0.5) is 0 Å². The van der Waals surface area contributed by atoms with E-state index in [9.17, 15) is 14.4 Å². The van der Waals surface area contributed by atoms with Gasteiger partial charge in [-0.1, -0.05) is 19.8 Å². The van der Waals surface area contributed by atoms with Gasteiger partial charge in [0, 0.05) is 18.5 Å². The smallest absolute Gasteiger partial charge is 0.344 e. The minimum Gasteiger partial charge on any atom is -0.493 e. The van der Waals surface area contributed by atoms with Gasteiger partial charge in [-0.25, -0.2) is 4.79 Å². The number of benzene rings is 1. The Morgan fingerprint density at radius 2 is 2.04 bits per heavy atom. The van der Waals surface area contributed by atoms with Gasteiger partial charge in [-0.2, -0.15) is 0 Å². The summed E-state index contributed by atoms with van der Waals surface area (Å²) in [6, 6.07) is 2.67. The van der Waals surface area contributed by atoms with Gasteiger partial charge in [-0.05, 0) is 25.0 Å². The number of hydrogen-bond donors (Lipinski definition) is 1. The lowest BCUT2D eigenvalue weighted by Crippen LogP contribution is -2.46. The minimum atomic E-state index is -0.941. The number of cyclic esters (lactones) is 1. The zero-order chi connectivity index (χ0) is 20.3.